The van der Waals surface area contributed by atoms with Crippen LogP contribution in [0.15, 0.2) is 47.3 Å². The molecule has 2 saturated heterocycles. The van der Waals surface area contributed by atoms with Crippen molar-refractivity contribution in [3.8, 4) is 0 Å². The zero-order valence-electron chi connectivity index (χ0n) is 16.6. The van der Waals surface area contributed by atoms with Crippen LogP contribution in [0.4, 0.5) is 0 Å². The number of hydrogen-bond donors (Lipinski definition) is 0. The monoisotopic (exact) mass is 380 g/mol. The average molecular weight is 380 g/mol. The molecule has 0 aliphatic carbocycles. The Morgan fingerprint density at radius 2 is 1.89 bits per heavy atom. The summed E-state index contributed by atoms with van der Waals surface area (Å²) in [5, 5.41) is 4.27. The molecule has 6 heteroatoms. The predicted octanol–water partition coefficient (Wildman–Crippen LogP) is 2.38. The van der Waals surface area contributed by atoms with E-state index in [-0.39, 0.29) is 30.1 Å². The van der Waals surface area contributed by atoms with Gasteiger partial charge in [0, 0.05) is 18.2 Å². The third-order valence-electron chi connectivity index (χ3n) is 6.19. The maximum atomic E-state index is 13.4. The molecule has 28 heavy (non-hydrogen) atoms. The van der Waals surface area contributed by atoms with E-state index in [1.165, 1.54) is 22.7 Å². The minimum absolute atomic E-state index is 0.00319. The largest absolute Gasteiger partial charge is 0.329 e. The molecule has 0 N–H and O–H groups in total. The first-order chi connectivity index (χ1) is 13.5. The highest BCUT2D eigenvalue weighted by Crippen LogP contribution is 2.41. The van der Waals surface area contributed by atoms with E-state index >= 15 is 0 Å². The Morgan fingerprint density at radius 3 is 2.68 bits per heavy atom. The van der Waals surface area contributed by atoms with Crippen LogP contribution in [0.1, 0.15) is 43.0 Å². The number of rotatable bonds is 3. The Hall–Kier alpha value is -2.47. The highest BCUT2D eigenvalue weighted by Gasteiger charge is 2.46. The lowest BCUT2D eigenvalue weighted by Crippen LogP contribution is -2.46. The molecule has 2 aliphatic heterocycles. The molecular weight excluding hydrogens is 352 g/mol. The molecule has 4 rings (SSSR count). The average Bonchev–Trinajstić information content (AvgIpc) is 2.99. The van der Waals surface area contributed by atoms with Crippen molar-refractivity contribution in [3.05, 3.63) is 64.1 Å². The van der Waals surface area contributed by atoms with E-state index in [0.717, 1.165) is 31.5 Å². The van der Waals surface area contributed by atoms with Gasteiger partial charge in [-0.25, -0.2) is 4.68 Å². The fourth-order valence-electron chi connectivity index (χ4n) is 4.81. The Labute approximate surface area is 165 Å². The third kappa shape index (κ3) is 3.61. The molecule has 1 aromatic carbocycles. The van der Waals surface area contributed by atoms with Gasteiger partial charge in [-0.3, -0.25) is 9.59 Å². The highest BCUT2D eigenvalue weighted by molar-refractivity contribution is 5.77. The van der Waals surface area contributed by atoms with Crippen molar-refractivity contribution in [1.29, 1.82) is 0 Å². The summed E-state index contributed by atoms with van der Waals surface area (Å²) in [5.74, 6) is -0.0168. The molecule has 2 aliphatic rings. The van der Waals surface area contributed by atoms with Crippen molar-refractivity contribution in [1.82, 2.24) is 19.6 Å². The van der Waals surface area contributed by atoms with Crippen LogP contribution >= 0.6 is 0 Å². The van der Waals surface area contributed by atoms with E-state index in [4.69, 9.17) is 0 Å². The molecular formula is C22H28N4O2. The standard InChI is InChI=1S/C22H28N4O2/c1-16-11-12-21(27)25(23-16)15-22(28)26-18-10-6-7-13-24(2)20(18)14-19(26)17-8-4-3-5-9-17/h3-5,8-9,11-12,18-20H,6-7,10,13-15H2,1-2H3/t18-,19-,20+/m1/s1. The van der Waals surface area contributed by atoms with Crippen LogP contribution in [-0.2, 0) is 11.3 Å². The number of carbonyl (C=O) groups excluding carboxylic acids is 1. The van der Waals surface area contributed by atoms with E-state index in [1.807, 2.05) is 25.1 Å². The molecule has 0 radical (unpaired) electrons. The van der Waals surface area contributed by atoms with Gasteiger partial charge in [-0.15, -0.1) is 0 Å². The second kappa shape index (κ2) is 7.87. The van der Waals surface area contributed by atoms with Crippen molar-refractivity contribution in [2.24, 2.45) is 0 Å². The maximum Gasteiger partial charge on any atom is 0.267 e. The zero-order chi connectivity index (χ0) is 19.7. The predicted molar refractivity (Wildman–Crippen MR) is 108 cm³/mol. The smallest absolute Gasteiger partial charge is 0.267 e. The summed E-state index contributed by atoms with van der Waals surface area (Å²) < 4.78 is 1.30. The highest BCUT2D eigenvalue weighted by atomic mass is 16.2. The third-order valence-corrected chi connectivity index (χ3v) is 6.19. The van der Waals surface area contributed by atoms with Crippen molar-refractivity contribution in [2.75, 3.05) is 13.6 Å². The van der Waals surface area contributed by atoms with E-state index in [1.54, 1.807) is 6.07 Å². The zero-order valence-corrected chi connectivity index (χ0v) is 16.6. The second-order valence-electron chi connectivity index (χ2n) is 8.04. The first kappa shape index (κ1) is 18.9. The number of aryl methyl sites for hydroxylation is 1. The topological polar surface area (TPSA) is 58.4 Å². The van der Waals surface area contributed by atoms with E-state index in [0.29, 0.717) is 6.04 Å². The van der Waals surface area contributed by atoms with Crippen molar-refractivity contribution in [3.63, 3.8) is 0 Å². The Morgan fingerprint density at radius 1 is 1.11 bits per heavy atom. The number of benzene rings is 1. The van der Waals surface area contributed by atoms with Crippen molar-refractivity contribution in [2.45, 2.75) is 57.3 Å². The van der Waals surface area contributed by atoms with Crippen LogP contribution < -0.4 is 5.56 Å². The van der Waals surface area contributed by atoms with Gasteiger partial charge in [0.15, 0.2) is 0 Å². The Kier molecular flexibility index (Phi) is 5.31. The van der Waals surface area contributed by atoms with Gasteiger partial charge in [0.2, 0.25) is 5.91 Å². The van der Waals surface area contributed by atoms with Crippen LogP contribution in [0.3, 0.4) is 0 Å². The maximum absolute atomic E-state index is 13.4. The lowest BCUT2D eigenvalue weighted by molar-refractivity contribution is -0.135. The Balaban J connectivity index is 1.68. The summed E-state index contributed by atoms with van der Waals surface area (Å²) in [6.07, 6.45) is 4.24. The summed E-state index contributed by atoms with van der Waals surface area (Å²) >= 11 is 0. The lowest BCUT2D eigenvalue weighted by atomic mass is 10.0. The molecule has 2 fully saturated rings. The number of hydrogen-bond acceptors (Lipinski definition) is 4. The fourth-order valence-corrected chi connectivity index (χ4v) is 4.81. The molecule has 1 aromatic heterocycles. The molecule has 0 unspecified atom stereocenters. The summed E-state index contributed by atoms with van der Waals surface area (Å²) in [7, 11) is 2.17. The van der Waals surface area contributed by atoms with Crippen molar-refractivity contribution >= 4 is 5.91 Å². The molecule has 3 heterocycles. The lowest BCUT2D eigenvalue weighted by Gasteiger charge is -2.33. The van der Waals surface area contributed by atoms with Crippen LogP contribution in [0.25, 0.3) is 0 Å². The molecule has 3 atom stereocenters. The summed E-state index contributed by atoms with van der Waals surface area (Å²) in [6, 6.07) is 14.0. The minimum atomic E-state index is -0.232. The summed E-state index contributed by atoms with van der Waals surface area (Å²) in [4.78, 5) is 30.1. The number of likely N-dealkylation sites (tertiary alicyclic amines) is 2. The number of nitrogens with zero attached hydrogens (tertiary/aromatic N) is 4. The van der Waals surface area contributed by atoms with Crippen LogP contribution in [0.5, 0.6) is 0 Å². The van der Waals surface area contributed by atoms with Gasteiger partial charge in [0.05, 0.1) is 11.7 Å². The van der Waals surface area contributed by atoms with Gasteiger partial charge in [0.25, 0.3) is 5.56 Å². The molecule has 6 nitrogen and oxygen atoms in total. The summed E-state index contributed by atoms with van der Waals surface area (Å²) in [6.45, 7) is 2.90. The fraction of sp³-hybridized carbons (Fsp3) is 0.500. The first-order valence-corrected chi connectivity index (χ1v) is 10.2. The minimum Gasteiger partial charge on any atom is -0.329 e. The van der Waals surface area contributed by atoms with Crippen LogP contribution in [-0.4, -0.2) is 51.2 Å². The van der Waals surface area contributed by atoms with E-state index in [9.17, 15) is 9.59 Å². The number of likely N-dealkylation sites (N-methyl/N-ethyl adjacent to an activating group) is 1. The first-order valence-electron chi connectivity index (χ1n) is 10.2. The number of fused-ring (bicyclic) bond motifs is 1. The van der Waals surface area contributed by atoms with Gasteiger partial charge in [0.1, 0.15) is 6.54 Å². The SMILES string of the molecule is Cc1ccc(=O)n(CC(=O)N2[C@@H](c3ccccc3)C[C@H]3[C@H]2CCCCN3C)n1. The van der Waals surface area contributed by atoms with Gasteiger partial charge < -0.3 is 9.80 Å². The van der Waals surface area contributed by atoms with Gasteiger partial charge in [-0.05, 0) is 51.4 Å². The molecule has 0 bridgehead atoms. The van der Waals surface area contributed by atoms with Gasteiger partial charge in [-0.1, -0.05) is 36.8 Å². The van der Waals surface area contributed by atoms with Gasteiger partial charge >= 0.3 is 0 Å². The van der Waals surface area contributed by atoms with E-state index < -0.39 is 0 Å². The molecule has 1 amide bonds. The molecule has 2 aromatic rings. The van der Waals surface area contributed by atoms with Crippen LogP contribution in [0, 0.1) is 6.92 Å². The number of carbonyl (C=O) groups is 1. The van der Waals surface area contributed by atoms with E-state index in [2.05, 4.69) is 34.1 Å². The summed E-state index contributed by atoms with van der Waals surface area (Å²) in [5.41, 5.74) is 1.67. The second-order valence-corrected chi connectivity index (χ2v) is 8.04. The van der Waals surface area contributed by atoms with Crippen molar-refractivity contribution < 1.29 is 4.79 Å². The number of aromatic nitrogens is 2. The van der Waals surface area contributed by atoms with Gasteiger partial charge in [-0.2, -0.15) is 5.10 Å². The Bertz CT molecular complexity index is 895. The molecule has 0 saturated carbocycles. The quantitative estimate of drug-likeness (QED) is 0.820. The van der Waals surface area contributed by atoms with Crippen LogP contribution in [0.2, 0.25) is 0 Å². The molecule has 0 spiro atoms. The normalized spacial score (nSPS) is 25.4. The molecule has 148 valence electrons. The number of amides is 1.